The zero-order chi connectivity index (χ0) is 12.4. The van der Waals surface area contributed by atoms with Crippen LogP contribution in [0.5, 0.6) is 0 Å². The van der Waals surface area contributed by atoms with Crippen molar-refractivity contribution in [3.8, 4) is 0 Å². The molecule has 4 heteroatoms. The minimum Gasteiger partial charge on any atom is -0.133 e. The van der Waals surface area contributed by atoms with Crippen LogP contribution in [0.25, 0.3) is 0 Å². The van der Waals surface area contributed by atoms with E-state index in [9.17, 15) is 0 Å². The average Bonchev–Trinajstić information content (AvgIpc) is 2.68. The van der Waals surface area contributed by atoms with Gasteiger partial charge in [-0.1, -0.05) is 28.1 Å². The molecule has 0 aliphatic carbocycles. The van der Waals surface area contributed by atoms with E-state index >= 15 is 0 Å². The van der Waals surface area contributed by atoms with Crippen LogP contribution in [-0.4, -0.2) is 6.26 Å². The van der Waals surface area contributed by atoms with Gasteiger partial charge in [-0.2, -0.15) is 0 Å². The highest BCUT2D eigenvalue weighted by Gasteiger charge is 2.15. The Morgan fingerprint density at radius 1 is 1.24 bits per heavy atom. The van der Waals surface area contributed by atoms with Crippen LogP contribution in [0.2, 0.25) is 0 Å². The molecule has 0 saturated carbocycles. The van der Waals surface area contributed by atoms with Gasteiger partial charge in [-0.05, 0) is 58.4 Å². The Bertz CT molecular complexity index is 503. The first-order valence-electron chi connectivity index (χ1n) is 5.15. The number of thioether (sulfide) groups is 1. The van der Waals surface area contributed by atoms with Crippen molar-refractivity contribution < 1.29 is 0 Å². The second-order valence-electron chi connectivity index (χ2n) is 3.70. The van der Waals surface area contributed by atoms with Gasteiger partial charge in [-0.25, -0.2) is 0 Å². The Morgan fingerprint density at radius 2 is 1.88 bits per heavy atom. The van der Waals surface area contributed by atoms with Crippen molar-refractivity contribution in [3.63, 3.8) is 0 Å². The third kappa shape index (κ3) is 3.16. The molecule has 1 aromatic carbocycles. The quantitative estimate of drug-likeness (QED) is 0.454. The molecule has 0 nitrogen and oxygen atoms in total. The summed E-state index contributed by atoms with van der Waals surface area (Å²) >= 11 is 10.9. The highest BCUT2D eigenvalue weighted by atomic mass is 79.9. The number of alkyl halides is 1. The monoisotopic (exact) mass is 390 g/mol. The number of rotatable bonds is 3. The maximum Gasteiger partial charge on any atom is 0.0704 e. The summed E-state index contributed by atoms with van der Waals surface area (Å²) in [5.74, 6) is 0. The molecule has 0 spiro atoms. The van der Waals surface area contributed by atoms with Crippen LogP contribution in [-0.2, 0) is 0 Å². The SMILES string of the molecule is CSc1ccc(C(Br)c2cc(Br)sc2C)cc1. The maximum absolute atomic E-state index is 3.78. The summed E-state index contributed by atoms with van der Waals surface area (Å²) in [6.45, 7) is 2.16. The Morgan fingerprint density at radius 3 is 2.35 bits per heavy atom. The van der Waals surface area contributed by atoms with E-state index in [-0.39, 0.29) is 4.83 Å². The summed E-state index contributed by atoms with van der Waals surface area (Å²) in [5, 5.41) is 0. The van der Waals surface area contributed by atoms with Crippen molar-refractivity contribution in [2.24, 2.45) is 0 Å². The van der Waals surface area contributed by atoms with E-state index in [2.05, 4.69) is 75.4 Å². The van der Waals surface area contributed by atoms with E-state index in [0.29, 0.717) is 0 Å². The van der Waals surface area contributed by atoms with Gasteiger partial charge in [-0.15, -0.1) is 23.1 Å². The lowest BCUT2D eigenvalue weighted by molar-refractivity contribution is 1.16. The molecule has 17 heavy (non-hydrogen) atoms. The summed E-state index contributed by atoms with van der Waals surface area (Å²) in [6.07, 6.45) is 2.10. The van der Waals surface area contributed by atoms with Crippen molar-refractivity contribution in [1.82, 2.24) is 0 Å². The molecule has 90 valence electrons. The first kappa shape index (κ1) is 13.7. The van der Waals surface area contributed by atoms with Crippen LogP contribution in [0.1, 0.15) is 20.8 Å². The van der Waals surface area contributed by atoms with Gasteiger partial charge in [-0.3, -0.25) is 0 Å². The number of hydrogen-bond acceptors (Lipinski definition) is 2. The van der Waals surface area contributed by atoms with Gasteiger partial charge in [0.25, 0.3) is 0 Å². The normalized spacial score (nSPS) is 12.7. The smallest absolute Gasteiger partial charge is 0.0704 e. The molecule has 0 radical (unpaired) electrons. The van der Waals surface area contributed by atoms with Crippen LogP contribution in [0.3, 0.4) is 0 Å². The predicted molar refractivity (Wildman–Crippen MR) is 85.7 cm³/mol. The van der Waals surface area contributed by atoms with Crippen LogP contribution >= 0.6 is 55.0 Å². The number of halogens is 2. The average molecular weight is 392 g/mol. The molecular weight excluding hydrogens is 380 g/mol. The molecule has 1 atom stereocenters. The Kier molecular flexibility index (Phi) is 4.75. The molecule has 0 aliphatic rings. The largest absolute Gasteiger partial charge is 0.133 e. The molecule has 0 amide bonds. The van der Waals surface area contributed by atoms with Crippen molar-refractivity contribution in [3.05, 3.63) is 50.1 Å². The van der Waals surface area contributed by atoms with E-state index in [1.165, 1.54) is 24.7 Å². The first-order valence-corrected chi connectivity index (χ1v) is 8.90. The number of thiophene rings is 1. The van der Waals surface area contributed by atoms with Gasteiger partial charge >= 0.3 is 0 Å². The van der Waals surface area contributed by atoms with Gasteiger partial charge < -0.3 is 0 Å². The van der Waals surface area contributed by atoms with Gasteiger partial charge in [0.1, 0.15) is 0 Å². The Hall–Kier alpha value is 0.230. The van der Waals surface area contributed by atoms with Crippen LogP contribution in [0.15, 0.2) is 39.0 Å². The lowest BCUT2D eigenvalue weighted by Gasteiger charge is -2.10. The third-order valence-electron chi connectivity index (χ3n) is 2.61. The number of benzene rings is 1. The van der Waals surface area contributed by atoms with Gasteiger partial charge in [0.15, 0.2) is 0 Å². The summed E-state index contributed by atoms with van der Waals surface area (Å²) in [6, 6.07) is 10.9. The molecule has 1 heterocycles. The fourth-order valence-corrected chi connectivity index (χ4v) is 4.75. The molecule has 1 unspecified atom stereocenters. The Balaban J connectivity index is 2.30. The van der Waals surface area contributed by atoms with Crippen LogP contribution in [0.4, 0.5) is 0 Å². The Labute approximate surface area is 127 Å². The minimum absolute atomic E-state index is 0.279. The molecular formula is C13H12Br2S2. The van der Waals surface area contributed by atoms with E-state index in [1.807, 2.05) is 0 Å². The number of hydrogen-bond donors (Lipinski definition) is 0. The van der Waals surface area contributed by atoms with E-state index in [4.69, 9.17) is 0 Å². The predicted octanol–water partition coefficient (Wildman–Crippen LogP) is 6.03. The molecule has 0 saturated heterocycles. The highest BCUT2D eigenvalue weighted by molar-refractivity contribution is 9.11. The molecule has 0 bridgehead atoms. The van der Waals surface area contributed by atoms with Crippen molar-refractivity contribution in [2.45, 2.75) is 16.6 Å². The van der Waals surface area contributed by atoms with Gasteiger partial charge in [0, 0.05) is 9.77 Å². The second-order valence-corrected chi connectivity index (χ2v) is 8.13. The van der Waals surface area contributed by atoms with Crippen molar-refractivity contribution in [1.29, 1.82) is 0 Å². The summed E-state index contributed by atoms with van der Waals surface area (Å²) in [7, 11) is 0. The number of aryl methyl sites for hydroxylation is 1. The summed E-state index contributed by atoms with van der Waals surface area (Å²) in [5.41, 5.74) is 2.65. The molecule has 0 fully saturated rings. The summed E-state index contributed by atoms with van der Waals surface area (Å²) in [4.78, 5) is 2.94. The van der Waals surface area contributed by atoms with Crippen LogP contribution < -0.4 is 0 Å². The minimum atomic E-state index is 0.279. The topological polar surface area (TPSA) is 0 Å². The first-order chi connectivity index (χ1) is 8.11. The molecule has 1 aromatic heterocycles. The highest BCUT2D eigenvalue weighted by Crippen LogP contribution is 2.38. The summed E-state index contributed by atoms with van der Waals surface area (Å²) < 4.78 is 1.19. The second kappa shape index (κ2) is 5.91. The van der Waals surface area contributed by atoms with Gasteiger partial charge in [0.05, 0.1) is 8.61 Å². The lowest BCUT2D eigenvalue weighted by atomic mass is 10.1. The zero-order valence-electron chi connectivity index (χ0n) is 9.54. The lowest BCUT2D eigenvalue weighted by Crippen LogP contribution is -1.92. The van der Waals surface area contributed by atoms with E-state index < -0.39 is 0 Å². The van der Waals surface area contributed by atoms with Crippen molar-refractivity contribution >= 4 is 55.0 Å². The van der Waals surface area contributed by atoms with E-state index in [0.717, 1.165) is 0 Å². The standard InChI is InChI=1S/C13H12Br2S2/c1-8-11(7-12(14)17-8)13(15)9-3-5-10(16-2)6-4-9/h3-7,13H,1-2H3. The zero-order valence-corrected chi connectivity index (χ0v) is 14.3. The fourth-order valence-electron chi connectivity index (χ4n) is 1.66. The molecule has 2 aromatic rings. The maximum atomic E-state index is 3.78. The van der Waals surface area contributed by atoms with Gasteiger partial charge in [0.2, 0.25) is 0 Å². The fraction of sp³-hybridized carbons (Fsp3) is 0.231. The van der Waals surface area contributed by atoms with Crippen LogP contribution in [0, 0.1) is 6.92 Å². The molecule has 0 N–H and O–H groups in total. The van der Waals surface area contributed by atoms with Crippen molar-refractivity contribution in [2.75, 3.05) is 6.26 Å². The van der Waals surface area contributed by atoms with E-state index in [1.54, 1.807) is 23.1 Å². The molecule has 0 aliphatic heterocycles. The third-order valence-corrected chi connectivity index (χ3v) is 5.94. The molecule has 2 rings (SSSR count).